The fourth-order valence-electron chi connectivity index (χ4n) is 2.90. The highest BCUT2D eigenvalue weighted by molar-refractivity contribution is 7.89. The molecule has 0 aromatic heterocycles. The van der Waals surface area contributed by atoms with Crippen LogP contribution in [-0.4, -0.2) is 42.6 Å². The Balaban J connectivity index is 1.87. The minimum Gasteiger partial charge on any atom is -0.411 e. The Bertz CT molecular complexity index is 1110. The molecule has 0 bridgehead atoms. The molecule has 12 heteroatoms. The summed E-state index contributed by atoms with van der Waals surface area (Å²) in [4.78, 5) is 11.6. The second-order valence-electron chi connectivity index (χ2n) is 6.42. The van der Waals surface area contributed by atoms with E-state index in [1.54, 1.807) is 0 Å². The average Bonchev–Trinajstić information content (AvgIpc) is 2.72. The quantitative estimate of drug-likeness (QED) is 0.327. The lowest BCUT2D eigenvalue weighted by atomic mass is 10.1. The molecule has 2 N–H and O–H groups in total. The van der Waals surface area contributed by atoms with E-state index in [9.17, 15) is 30.8 Å². The van der Waals surface area contributed by atoms with Gasteiger partial charge in [-0.2, -0.15) is 4.31 Å². The first-order valence-corrected chi connectivity index (χ1v) is 10.0. The first-order chi connectivity index (χ1) is 14.1. The van der Waals surface area contributed by atoms with Crippen molar-refractivity contribution in [3.05, 3.63) is 59.2 Å². The zero-order chi connectivity index (χ0) is 22.1. The van der Waals surface area contributed by atoms with Gasteiger partial charge in [-0.05, 0) is 18.2 Å². The number of hydrogen-bond acceptors (Lipinski definition) is 5. The SMILES string of the molecule is O=C(Nc1cc(F)c(F)c(F)c1)c1ccc(F)c(S(=O)(=O)N2CCC(=NO)CC2)c1. The molecule has 0 unspecified atom stereocenters. The third-order valence-electron chi connectivity index (χ3n) is 4.49. The van der Waals surface area contributed by atoms with Crippen LogP contribution in [0.5, 0.6) is 0 Å². The number of piperidine rings is 1. The van der Waals surface area contributed by atoms with Gasteiger partial charge in [-0.3, -0.25) is 4.79 Å². The number of rotatable bonds is 4. The standard InChI is InChI=1S/C18H15F4N3O4S/c19-13-2-1-10(18(26)23-12-8-14(20)17(22)15(21)9-12)7-16(13)30(28,29)25-5-3-11(24-27)4-6-25/h1-2,7-9,27H,3-6H2,(H,23,26). The maximum absolute atomic E-state index is 14.3. The van der Waals surface area contributed by atoms with Crippen LogP contribution in [0.1, 0.15) is 23.2 Å². The number of hydrogen-bond donors (Lipinski definition) is 2. The van der Waals surface area contributed by atoms with E-state index in [2.05, 4.69) is 10.5 Å². The Morgan fingerprint density at radius 1 is 1.00 bits per heavy atom. The van der Waals surface area contributed by atoms with E-state index < -0.39 is 49.8 Å². The van der Waals surface area contributed by atoms with Crippen molar-refractivity contribution in [2.24, 2.45) is 5.16 Å². The van der Waals surface area contributed by atoms with Crippen LogP contribution in [0.2, 0.25) is 0 Å². The molecule has 1 aliphatic rings. The number of sulfonamides is 1. The molecular weight excluding hydrogens is 430 g/mol. The summed E-state index contributed by atoms with van der Waals surface area (Å²) in [6.45, 7) is -0.0720. The van der Waals surface area contributed by atoms with Gasteiger partial charge < -0.3 is 10.5 Å². The van der Waals surface area contributed by atoms with Crippen LogP contribution in [0.25, 0.3) is 0 Å². The maximum atomic E-state index is 14.3. The Kier molecular flexibility index (Phi) is 6.08. The normalized spacial score (nSPS) is 15.1. The third kappa shape index (κ3) is 4.28. The predicted octanol–water partition coefficient (Wildman–Crippen LogP) is 3.11. The molecule has 1 amide bonds. The fraction of sp³-hybridized carbons (Fsp3) is 0.222. The zero-order valence-electron chi connectivity index (χ0n) is 15.2. The van der Waals surface area contributed by atoms with E-state index >= 15 is 0 Å². The van der Waals surface area contributed by atoms with Gasteiger partial charge in [0.2, 0.25) is 10.0 Å². The van der Waals surface area contributed by atoms with Crippen molar-refractivity contribution in [3.8, 4) is 0 Å². The molecule has 1 aliphatic heterocycles. The van der Waals surface area contributed by atoms with Crippen LogP contribution in [-0.2, 0) is 10.0 Å². The molecule has 2 aromatic carbocycles. The number of nitrogens with zero attached hydrogens (tertiary/aromatic N) is 2. The Hall–Kier alpha value is -2.99. The summed E-state index contributed by atoms with van der Waals surface area (Å²) in [7, 11) is -4.30. The molecule has 30 heavy (non-hydrogen) atoms. The van der Waals surface area contributed by atoms with Gasteiger partial charge in [-0.25, -0.2) is 26.0 Å². The number of amides is 1. The lowest BCUT2D eigenvalue weighted by Crippen LogP contribution is -2.39. The smallest absolute Gasteiger partial charge is 0.255 e. The fourth-order valence-corrected chi connectivity index (χ4v) is 4.43. The minimum atomic E-state index is -4.30. The van der Waals surface area contributed by atoms with Crippen LogP contribution in [0.15, 0.2) is 40.4 Å². The van der Waals surface area contributed by atoms with Crippen molar-refractivity contribution in [2.45, 2.75) is 17.7 Å². The molecule has 0 aliphatic carbocycles. The Labute approximate surface area is 168 Å². The maximum Gasteiger partial charge on any atom is 0.255 e. The zero-order valence-corrected chi connectivity index (χ0v) is 16.0. The van der Waals surface area contributed by atoms with Crippen molar-refractivity contribution in [1.82, 2.24) is 4.31 Å². The summed E-state index contributed by atoms with van der Waals surface area (Å²) >= 11 is 0. The van der Waals surface area contributed by atoms with Crippen LogP contribution in [0, 0.1) is 23.3 Å². The molecule has 7 nitrogen and oxygen atoms in total. The highest BCUT2D eigenvalue weighted by Gasteiger charge is 2.31. The van der Waals surface area contributed by atoms with E-state index in [1.165, 1.54) is 0 Å². The third-order valence-corrected chi connectivity index (χ3v) is 6.41. The second kappa shape index (κ2) is 8.40. The summed E-state index contributed by atoms with van der Waals surface area (Å²) in [6, 6.07) is 3.66. The monoisotopic (exact) mass is 445 g/mol. The first kappa shape index (κ1) is 21.7. The van der Waals surface area contributed by atoms with Crippen LogP contribution in [0.4, 0.5) is 23.2 Å². The minimum absolute atomic E-state index is 0.0360. The number of carbonyl (C=O) groups excluding carboxylic acids is 1. The van der Waals surface area contributed by atoms with E-state index in [4.69, 9.17) is 5.21 Å². The number of oxime groups is 1. The summed E-state index contributed by atoms with van der Waals surface area (Å²) in [5.74, 6) is -6.83. The molecule has 3 rings (SSSR count). The van der Waals surface area contributed by atoms with Crippen LogP contribution < -0.4 is 5.32 Å². The molecule has 1 saturated heterocycles. The van der Waals surface area contributed by atoms with Gasteiger partial charge in [0.15, 0.2) is 17.5 Å². The molecule has 0 saturated carbocycles. The van der Waals surface area contributed by atoms with Crippen molar-refractivity contribution in [1.29, 1.82) is 0 Å². The highest BCUT2D eigenvalue weighted by atomic mass is 32.2. The molecular formula is C18H15F4N3O4S. The molecule has 0 radical (unpaired) electrons. The van der Waals surface area contributed by atoms with Gasteiger partial charge >= 0.3 is 0 Å². The molecule has 0 spiro atoms. The average molecular weight is 445 g/mol. The summed E-state index contributed by atoms with van der Waals surface area (Å²) in [5.41, 5.74) is -0.291. The first-order valence-electron chi connectivity index (χ1n) is 8.59. The van der Waals surface area contributed by atoms with Gasteiger partial charge in [0.05, 0.1) is 5.71 Å². The van der Waals surface area contributed by atoms with E-state index in [1.807, 2.05) is 0 Å². The van der Waals surface area contributed by atoms with Crippen LogP contribution in [0.3, 0.4) is 0 Å². The number of anilines is 1. The Morgan fingerprint density at radius 3 is 2.17 bits per heavy atom. The predicted molar refractivity (Wildman–Crippen MR) is 97.9 cm³/mol. The van der Waals surface area contributed by atoms with Gasteiger partial charge in [0.1, 0.15) is 10.7 Å². The lowest BCUT2D eigenvalue weighted by molar-refractivity contribution is 0.102. The van der Waals surface area contributed by atoms with E-state index in [-0.39, 0.29) is 31.5 Å². The van der Waals surface area contributed by atoms with Gasteiger partial charge in [-0.1, -0.05) is 5.16 Å². The van der Waals surface area contributed by atoms with Gasteiger partial charge in [-0.15, -0.1) is 0 Å². The number of nitrogens with one attached hydrogen (secondary N) is 1. The van der Waals surface area contributed by atoms with Crippen LogP contribution >= 0.6 is 0 Å². The molecule has 0 atom stereocenters. The van der Waals surface area contributed by atoms with Gasteiger partial charge in [0, 0.05) is 49.3 Å². The Morgan fingerprint density at radius 2 is 1.60 bits per heavy atom. The van der Waals surface area contributed by atoms with Gasteiger partial charge in [0.25, 0.3) is 5.91 Å². The van der Waals surface area contributed by atoms with Crippen molar-refractivity contribution in [2.75, 3.05) is 18.4 Å². The topological polar surface area (TPSA) is 99.1 Å². The molecule has 1 fully saturated rings. The summed E-state index contributed by atoms with van der Waals surface area (Å²) in [6.07, 6.45) is 0.332. The largest absolute Gasteiger partial charge is 0.411 e. The molecule has 1 heterocycles. The molecule has 160 valence electrons. The number of carbonyl (C=O) groups is 1. The van der Waals surface area contributed by atoms with Crippen molar-refractivity contribution < 1.29 is 36.0 Å². The molecule has 2 aromatic rings. The van der Waals surface area contributed by atoms with E-state index in [0.717, 1.165) is 22.5 Å². The van der Waals surface area contributed by atoms with E-state index in [0.29, 0.717) is 17.8 Å². The highest BCUT2D eigenvalue weighted by Crippen LogP contribution is 2.24. The summed E-state index contributed by atoms with van der Waals surface area (Å²) < 4.78 is 80.4. The number of benzene rings is 2. The number of halogens is 4. The van der Waals surface area contributed by atoms with Crippen molar-refractivity contribution in [3.63, 3.8) is 0 Å². The lowest BCUT2D eigenvalue weighted by Gasteiger charge is -2.26. The summed E-state index contributed by atoms with van der Waals surface area (Å²) in [5, 5.41) is 13.9. The van der Waals surface area contributed by atoms with Crippen molar-refractivity contribution >= 4 is 27.3 Å². The second-order valence-corrected chi connectivity index (χ2v) is 8.33.